The van der Waals surface area contributed by atoms with Crippen LogP contribution < -0.4 is 0 Å². The average molecular weight is 206 g/mol. The van der Waals surface area contributed by atoms with Crippen molar-refractivity contribution in [1.29, 1.82) is 0 Å². The predicted octanol–water partition coefficient (Wildman–Crippen LogP) is 2.48. The summed E-state index contributed by atoms with van der Waals surface area (Å²) in [5, 5.41) is 8.56. The molecule has 3 heteroatoms. The van der Waals surface area contributed by atoms with E-state index in [9.17, 15) is 4.79 Å². The molecule has 0 bridgehead atoms. The van der Waals surface area contributed by atoms with Crippen molar-refractivity contribution in [2.24, 2.45) is 0 Å². The van der Waals surface area contributed by atoms with Crippen LogP contribution >= 0.6 is 0 Å². The Balaban J connectivity index is 2.90. The van der Waals surface area contributed by atoms with Crippen LogP contribution in [0.2, 0.25) is 0 Å². The second kappa shape index (κ2) is 5.86. The number of benzene rings is 1. The maximum absolute atomic E-state index is 11.5. The first-order chi connectivity index (χ1) is 7.29. The first kappa shape index (κ1) is 11.3. The number of esters is 1. The Morgan fingerprint density at radius 1 is 1.47 bits per heavy atom. The molecule has 0 aromatic heterocycles. The van der Waals surface area contributed by atoms with Gasteiger partial charge in [0.2, 0.25) is 0 Å². The molecule has 0 fully saturated rings. The molecular formula is C12H14O3. The van der Waals surface area contributed by atoms with Crippen molar-refractivity contribution in [3.05, 3.63) is 47.7 Å². The molecule has 0 heterocycles. The lowest BCUT2D eigenvalue weighted by Gasteiger charge is -2.06. The number of ether oxygens (including phenoxy) is 1. The number of hydrogen-bond acceptors (Lipinski definition) is 3. The zero-order chi connectivity index (χ0) is 11.1. The van der Waals surface area contributed by atoms with Gasteiger partial charge >= 0.3 is 5.97 Å². The number of aliphatic hydroxyl groups is 1. The second-order valence-corrected chi connectivity index (χ2v) is 2.97. The molecule has 3 nitrogen and oxygen atoms in total. The van der Waals surface area contributed by atoms with E-state index in [4.69, 9.17) is 9.84 Å². The van der Waals surface area contributed by atoms with E-state index in [0.29, 0.717) is 18.6 Å². The van der Waals surface area contributed by atoms with Gasteiger partial charge in [0.1, 0.15) is 0 Å². The van der Waals surface area contributed by atoms with Crippen LogP contribution in [0.5, 0.6) is 0 Å². The van der Waals surface area contributed by atoms with E-state index in [-0.39, 0.29) is 5.97 Å². The van der Waals surface area contributed by atoms with Gasteiger partial charge in [-0.1, -0.05) is 18.2 Å². The van der Waals surface area contributed by atoms with E-state index in [2.05, 4.69) is 0 Å². The summed E-state index contributed by atoms with van der Waals surface area (Å²) in [5.41, 5.74) is 1.40. The van der Waals surface area contributed by atoms with E-state index in [0.717, 1.165) is 11.8 Å². The summed E-state index contributed by atoms with van der Waals surface area (Å²) in [6.45, 7) is 2.14. The van der Waals surface area contributed by atoms with Crippen LogP contribution in [0.4, 0.5) is 0 Å². The Morgan fingerprint density at radius 2 is 2.20 bits per heavy atom. The van der Waals surface area contributed by atoms with Crippen LogP contribution in [-0.4, -0.2) is 17.7 Å². The van der Waals surface area contributed by atoms with E-state index in [1.54, 1.807) is 25.1 Å². The van der Waals surface area contributed by atoms with Crippen LogP contribution in [0.15, 0.2) is 36.6 Å². The van der Waals surface area contributed by atoms with Gasteiger partial charge in [0.15, 0.2) is 0 Å². The van der Waals surface area contributed by atoms with Crippen LogP contribution in [0.25, 0.3) is 0 Å². The van der Waals surface area contributed by atoms with E-state index in [1.165, 1.54) is 0 Å². The topological polar surface area (TPSA) is 46.5 Å². The molecule has 0 saturated heterocycles. The number of allylic oxidation sites excluding steroid dienone is 1. The van der Waals surface area contributed by atoms with E-state index in [1.807, 2.05) is 12.1 Å². The molecule has 0 atom stereocenters. The van der Waals surface area contributed by atoms with Gasteiger partial charge in [0.25, 0.3) is 0 Å². The first-order valence-electron chi connectivity index (χ1n) is 4.83. The average Bonchev–Trinajstić information content (AvgIpc) is 2.27. The highest BCUT2D eigenvalue weighted by Crippen LogP contribution is 2.11. The molecule has 0 aliphatic heterocycles. The van der Waals surface area contributed by atoms with Crippen molar-refractivity contribution in [3.63, 3.8) is 0 Å². The molecule has 0 unspecified atom stereocenters. The maximum Gasteiger partial charge on any atom is 0.338 e. The summed E-state index contributed by atoms with van der Waals surface area (Å²) in [5.74, 6) is -0.320. The molecule has 1 aromatic rings. The van der Waals surface area contributed by atoms with Gasteiger partial charge < -0.3 is 9.84 Å². The molecule has 0 amide bonds. The highest BCUT2D eigenvalue weighted by molar-refractivity contribution is 5.91. The molecule has 0 aliphatic carbocycles. The molecule has 1 rings (SSSR count). The van der Waals surface area contributed by atoms with Crippen LogP contribution in [-0.2, 0) is 11.2 Å². The van der Waals surface area contributed by atoms with Gasteiger partial charge in [-0.25, -0.2) is 4.79 Å². The largest absolute Gasteiger partial charge is 0.516 e. The summed E-state index contributed by atoms with van der Waals surface area (Å²) in [6, 6.07) is 7.20. The third-order valence-electron chi connectivity index (χ3n) is 1.96. The molecule has 80 valence electrons. The number of aliphatic hydroxyl groups excluding tert-OH is 1. The van der Waals surface area contributed by atoms with Crippen molar-refractivity contribution < 1.29 is 14.6 Å². The van der Waals surface area contributed by atoms with Gasteiger partial charge in [-0.05, 0) is 31.1 Å². The summed E-state index contributed by atoms with van der Waals surface area (Å²) >= 11 is 0. The summed E-state index contributed by atoms with van der Waals surface area (Å²) in [7, 11) is 0. The molecule has 0 radical (unpaired) electrons. The number of rotatable bonds is 4. The molecule has 15 heavy (non-hydrogen) atoms. The molecule has 0 saturated carbocycles. The fourth-order valence-corrected chi connectivity index (χ4v) is 1.29. The minimum atomic E-state index is -0.320. The molecule has 1 N–H and O–H groups in total. The quantitative estimate of drug-likeness (QED) is 0.608. The van der Waals surface area contributed by atoms with E-state index < -0.39 is 0 Å². The minimum absolute atomic E-state index is 0.320. The second-order valence-electron chi connectivity index (χ2n) is 2.97. The van der Waals surface area contributed by atoms with Crippen molar-refractivity contribution in [2.75, 3.05) is 6.61 Å². The van der Waals surface area contributed by atoms with Gasteiger partial charge in [-0.3, -0.25) is 0 Å². The Kier molecular flexibility index (Phi) is 4.41. The molecule has 0 aliphatic rings. The fraction of sp³-hybridized carbons (Fsp3) is 0.250. The predicted molar refractivity (Wildman–Crippen MR) is 57.9 cm³/mol. The highest BCUT2D eigenvalue weighted by Gasteiger charge is 2.09. The highest BCUT2D eigenvalue weighted by atomic mass is 16.5. The lowest BCUT2D eigenvalue weighted by atomic mass is 10.0. The first-order valence-corrected chi connectivity index (χ1v) is 4.83. The SMILES string of the molecule is CCOC(=O)c1ccccc1CC=CO. The Bertz CT molecular complexity index is 356. The molecule has 0 spiro atoms. The summed E-state index contributed by atoms with van der Waals surface area (Å²) in [4.78, 5) is 11.5. The monoisotopic (exact) mass is 206 g/mol. The van der Waals surface area contributed by atoms with Gasteiger partial charge in [0, 0.05) is 0 Å². The maximum atomic E-state index is 11.5. The van der Waals surface area contributed by atoms with Crippen LogP contribution in [0.3, 0.4) is 0 Å². The minimum Gasteiger partial charge on any atom is -0.516 e. The van der Waals surface area contributed by atoms with Crippen molar-refractivity contribution in [2.45, 2.75) is 13.3 Å². The Labute approximate surface area is 89.0 Å². The van der Waals surface area contributed by atoms with Gasteiger partial charge in [-0.2, -0.15) is 0 Å². The molecule has 1 aromatic carbocycles. The lowest BCUT2D eigenvalue weighted by Crippen LogP contribution is -2.07. The zero-order valence-corrected chi connectivity index (χ0v) is 8.64. The smallest absolute Gasteiger partial charge is 0.338 e. The summed E-state index contributed by atoms with van der Waals surface area (Å²) < 4.78 is 4.92. The van der Waals surface area contributed by atoms with Crippen LogP contribution in [0, 0.1) is 0 Å². The Morgan fingerprint density at radius 3 is 2.87 bits per heavy atom. The Hall–Kier alpha value is -1.77. The standard InChI is InChI=1S/C12H14O3/c1-2-15-12(14)11-8-4-3-6-10(11)7-5-9-13/h3-6,8-9,13H,2,7H2,1H3. The van der Waals surface area contributed by atoms with Crippen molar-refractivity contribution in [1.82, 2.24) is 0 Å². The number of carbonyl (C=O) groups excluding carboxylic acids is 1. The normalized spacial score (nSPS) is 10.5. The van der Waals surface area contributed by atoms with Crippen molar-refractivity contribution in [3.8, 4) is 0 Å². The lowest BCUT2D eigenvalue weighted by molar-refractivity contribution is 0.0525. The van der Waals surface area contributed by atoms with Crippen molar-refractivity contribution >= 4 is 5.97 Å². The van der Waals surface area contributed by atoms with Gasteiger partial charge in [-0.15, -0.1) is 0 Å². The van der Waals surface area contributed by atoms with Crippen LogP contribution in [0.1, 0.15) is 22.8 Å². The fourth-order valence-electron chi connectivity index (χ4n) is 1.29. The van der Waals surface area contributed by atoms with E-state index >= 15 is 0 Å². The number of hydrogen-bond donors (Lipinski definition) is 1. The third-order valence-corrected chi connectivity index (χ3v) is 1.96. The zero-order valence-electron chi connectivity index (χ0n) is 8.64. The number of carbonyl (C=O) groups is 1. The molecular weight excluding hydrogens is 192 g/mol. The summed E-state index contributed by atoms with van der Waals surface area (Å²) in [6.07, 6.45) is 3.07. The van der Waals surface area contributed by atoms with Gasteiger partial charge in [0.05, 0.1) is 18.4 Å². The third kappa shape index (κ3) is 3.13.